The Labute approximate surface area is 134 Å². The van der Waals surface area contributed by atoms with E-state index < -0.39 is 17.7 Å². The first-order valence-corrected chi connectivity index (χ1v) is 7.31. The Hall–Kier alpha value is -2.43. The minimum atomic E-state index is -0.687. The highest BCUT2D eigenvalue weighted by atomic mass is 19.1. The molecule has 2 rings (SSSR count). The molecule has 0 fully saturated rings. The van der Waals surface area contributed by atoms with Gasteiger partial charge < -0.3 is 10.1 Å². The predicted molar refractivity (Wildman–Crippen MR) is 84.3 cm³/mol. The summed E-state index contributed by atoms with van der Waals surface area (Å²) in [7, 11) is 0. The van der Waals surface area contributed by atoms with E-state index in [9.17, 15) is 13.6 Å². The van der Waals surface area contributed by atoms with E-state index in [1.807, 2.05) is 32.0 Å². The van der Waals surface area contributed by atoms with Gasteiger partial charge in [-0.25, -0.2) is 8.78 Å². The number of carbonyl (C=O) groups excluding carboxylic acids is 1. The summed E-state index contributed by atoms with van der Waals surface area (Å²) < 4.78 is 32.1. The highest BCUT2D eigenvalue weighted by molar-refractivity contribution is 5.78. The van der Waals surface area contributed by atoms with Crippen LogP contribution in [0.15, 0.2) is 36.4 Å². The molecule has 2 aromatic carbocycles. The Morgan fingerprint density at radius 3 is 2.61 bits per heavy atom. The first-order chi connectivity index (χ1) is 10.9. The fraction of sp³-hybridized carbons (Fsp3) is 0.278. The van der Waals surface area contributed by atoms with Crippen LogP contribution in [0.5, 0.6) is 5.75 Å². The lowest BCUT2D eigenvalue weighted by atomic mass is 10.1. The summed E-state index contributed by atoms with van der Waals surface area (Å²) >= 11 is 0. The van der Waals surface area contributed by atoms with Gasteiger partial charge in [0.15, 0.2) is 6.61 Å². The Balaban J connectivity index is 1.95. The highest BCUT2D eigenvalue weighted by Crippen LogP contribution is 2.20. The topological polar surface area (TPSA) is 38.3 Å². The molecule has 0 heterocycles. The quantitative estimate of drug-likeness (QED) is 0.909. The Morgan fingerprint density at radius 1 is 1.17 bits per heavy atom. The first kappa shape index (κ1) is 16.9. The van der Waals surface area contributed by atoms with Gasteiger partial charge in [0.25, 0.3) is 5.91 Å². The second-order valence-electron chi connectivity index (χ2n) is 5.51. The van der Waals surface area contributed by atoms with Crippen molar-refractivity contribution in [3.8, 4) is 5.75 Å². The number of carbonyl (C=O) groups is 1. The van der Waals surface area contributed by atoms with Crippen molar-refractivity contribution in [3.63, 3.8) is 0 Å². The van der Waals surface area contributed by atoms with Crippen LogP contribution in [0.25, 0.3) is 0 Å². The monoisotopic (exact) mass is 319 g/mol. The van der Waals surface area contributed by atoms with Gasteiger partial charge in [0.2, 0.25) is 0 Å². The van der Waals surface area contributed by atoms with Gasteiger partial charge in [0.05, 0.1) is 6.04 Å². The molecule has 0 bridgehead atoms. The molecule has 1 amide bonds. The summed E-state index contributed by atoms with van der Waals surface area (Å²) in [4.78, 5) is 11.9. The zero-order valence-corrected chi connectivity index (χ0v) is 13.3. The molecule has 0 radical (unpaired) electrons. The minimum absolute atomic E-state index is 0.169. The number of nitrogens with one attached hydrogen (secondary N) is 1. The molecule has 0 aliphatic carbocycles. The van der Waals surface area contributed by atoms with E-state index in [4.69, 9.17) is 4.74 Å². The zero-order chi connectivity index (χ0) is 17.0. The van der Waals surface area contributed by atoms with Crippen molar-refractivity contribution >= 4 is 5.91 Å². The normalized spacial score (nSPS) is 11.9. The van der Waals surface area contributed by atoms with Crippen LogP contribution < -0.4 is 10.1 Å². The number of hydrogen-bond acceptors (Lipinski definition) is 2. The van der Waals surface area contributed by atoms with E-state index >= 15 is 0 Å². The summed E-state index contributed by atoms with van der Waals surface area (Å²) in [5.74, 6) is -1.07. The third kappa shape index (κ3) is 4.52. The molecule has 0 aliphatic heterocycles. The van der Waals surface area contributed by atoms with E-state index in [1.54, 1.807) is 6.92 Å². The van der Waals surface area contributed by atoms with Crippen molar-refractivity contribution < 1.29 is 18.3 Å². The van der Waals surface area contributed by atoms with Crippen LogP contribution >= 0.6 is 0 Å². The minimum Gasteiger partial charge on any atom is -0.483 e. The maximum absolute atomic E-state index is 13.7. The average molecular weight is 319 g/mol. The summed E-state index contributed by atoms with van der Waals surface area (Å²) in [6, 6.07) is 8.43. The predicted octanol–water partition coefficient (Wildman–Crippen LogP) is 3.84. The van der Waals surface area contributed by atoms with Crippen molar-refractivity contribution in [3.05, 3.63) is 64.7 Å². The molecule has 1 atom stereocenters. The second-order valence-corrected chi connectivity index (χ2v) is 5.51. The molecule has 2 aromatic rings. The zero-order valence-electron chi connectivity index (χ0n) is 13.3. The molecule has 1 N–H and O–H groups in total. The molecular weight excluding hydrogens is 300 g/mol. The molecule has 0 saturated carbocycles. The maximum Gasteiger partial charge on any atom is 0.258 e. The number of amides is 1. The average Bonchev–Trinajstić information content (AvgIpc) is 2.48. The van der Waals surface area contributed by atoms with Crippen LogP contribution in [0.3, 0.4) is 0 Å². The molecule has 0 spiro atoms. The van der Waals surface area contributed by atoms with Crippen LogP contribution in [0.4, 0.5) is 8.78 Å². The molecule has 0 aliphatic rings. The molecule has 0 aromatic heterocycles. The van der Waals surface area contributed by atoms with Crippen LogP contribution in [0, 0.1) is 25.5 Å². The number of hydrogen-bond donors (Lipinski definition) is 1. The molecule has 122 valence electrons. The van der Waals surface area contributed by atoms with Gasteiger partial charge in [-0.05, 0) is 44.0 Å². The maximum atomic E-state index is 13.7. The Bertz CT molecular complexity index is 716. The van der Waals surface area contributed by atoms with E-state index in [0.29, 0.717) is 5.75 Å². The van der Waals surface area contributed by atoms with E-state index in [1.165, 1.54) is 6.07 Å². The molecule has 5 heteroatoms. The summed E-state index contributed by atoms with van der Waals surface area (Å²) in [6.45, 7) is 5.29. The lowest BCUT2D eigenvalue weighted by molar-refractivity contribution is -0.123. The van der Waals surface area contributed by atoms with Gasteiger partial charge in [-0.1, -0.05) is 18.2 Å². The van der Waals surface area contributed by atoms with Crippen LogP contribution in [-0.2, 0) is 4.79 Å². The largest absolute Gasteiger partial charge is 0.483 e. The van der Waals surface area contributed by atoms with Gasteiger partial charge in [-0.3, -0.25) is 4.79 Å². The van der Waals surface area contributed by atoms with E-state index in [2.05, 4.69) is 5.32 Å². The van der Waals surface area contributed by atoms with Crippen LogP contribution in [0.2, 0.25) is 0 Å². The number of benzene rings is 2. The van der Waals surface area contributed by atoms with Crippen molar-refractivity contribution in [1.82, 2.24) is 5.32 Å². The van der Waals surface area contributed by atoms with Crippen LogP contribution in [-0.4, -0.2) is 12.5 Å². The van der Waals surface area contributed by atoms with Crippen molar-refractivity contribution in [2.45, 2.75) is 26.8 Å². The Morgan fingerprint density at radius 2 is 1.91 bits per heavy atom. The molecule has 23 heavy (non-hydrogen) atoms. The summed E-state index contributed by atoms with van der Waals surface area (Å²) in [5, 5.41) is 2.63. The third-order valence-corrected chi connectivity index (χ3v) is 3.51. The van der Waals surface area contributed by atoms with Gasteiger partial charge in [-0.15, -0.1) is 0 Å². The Kier molecular flexibility index (Phi) is 5.32. The van der Waals surface area contributed by atoms with Gasteiger partial charge >= 0.3 is 0 Å². The summed E-state index contributed by atoms with van der Waals surface area (Å²) in [5.41, 5.74) is 2.19. The van der Waals surface area contributed by atoms with Gasteiger partial charge in [0, 0.05) is 11.6 Å². The van der Waals surface area contributed by atoms with E-state index in [-0.39, 0.29) is 18.1 Å². The van der Waals surface area contributed by atoms with Crippen molar-refractivity contribution in [1.29, 1.82) is 0 Å². The van der Waals surface area contributed by atoms with Crippen molar-refractivity contribution in [2.75, 3.05) is 6.61 Å². The number of rotatable bonds is 5. The first-order valence-electron chi connectivity index (χ1n) is 7.31. The lowest BCUT2D eigenvalue weighted by Crippen LogP contribution is -2.31. The highest BCUT2D eigenvalue weighted by Gasteiger charge is 2.15. The molecule has 1 unspecified atom stereocenters. The third-order valence-electron chi connectivity index (χ3n) is 3.51. The van der Waals surface area contributed by atoms with Crippen LogP contribution in [0.1, 0.15) is 29.7 Å². The standard InChI is InChI=1S/C18H19F2NO2/c1-11-4-5-12(2)17(8-11)23-10-18(22)21-13(3)15-7-6-14(19)9-16(15)20/h4-9,13H,10H2,1-3H3,(H,21,22). The fourth-order valence-corrected chi connectivity index (χ4v) is 2.22. The fourth-order valence-electron chi connectivity index (χ4n) is 2.22. The smallest absolute Gasteiger partial charge is 0.258 e. The molecular formula is C18H19F2NO2. The van der Waals surface area contributed by atoms with Crippen molar-refractivity contribution in [2.24, 2.45) is 0 Å². The van der Waals surface area contributed by atoms with E-state index in [0.717, 1.165) is 23.3 Å². The number of aryl methyl sites for hydroxylation is 2. The number of ether oxygens (including phenoxy) is 1. The molecule has 3 nitrogen and oxygen atoms in total. The number of halogens is 2. The lowest BCUT2D eigenvalue weighted by Gasteiger charge is -2.16. The van der Waals surface area contributed by atoms with Gasteiger partial charge in [-0.2, -0.15) is 0 Å². The molecule has 0 saturated heterocycles. The SMILES string of the molecule is Cc1ccc(C)c(OCC(=O)NC(C)c2ccc(F)cc2F)c1. The van der Waals surface area contributed by atoms with Gasteiger partial charge in [0.1, 0.15) is 17.4 Å². The summed E-state index contributed by atoms with van der Waals surface area (Å²) in [6.07, 6.45) is 0. The second kappa shape index (κ2) is 7.22.